The fourth-order valence-corrected chi connectivity index (χ4v) is 35.7. The monoisotopic (exact) mass is 2140 g/mol. The molecule has 143 heavy (non-hydrogen) atoms. The Morgan fingerprint density at radius 2 is 0.678 bits per heavy atom. The van der Waals surface area contributed by atoms with Crippen molar-refractivity contribution in [2.75, 3.05) is 17.3 Å². The molecule has 11 saturated carbocycles. The van der Waals surface area contributed by atoms with E-state index in [2.05, 4.69) is 257 Å². The van der Waals surface area contributed by atoms with E-state index in [1.807, 2.05) is 17.8 Å². The minimum Gasteiger partial charge on any atom is -0.748 e. The summed E-state index contributed by atoms with van der Waals surface area (Å²) in [5, 5.41) is 2.79. The van der Waals surface area contributed by atoms with Gasteiger partial charge in [0.05, 0.1) is 85.0 Å². The van der Waals surface area contributed by atoms with Crippen LogP contribution < -0.4 is 0 Å². The van der Waals surface area contributed by atoms with Crippen molar-refractivity contribution in [2.24, 2.45) is 87.8 Å². The summed E-state index contributed by atoms with van der Waals surface area (Å²) in [5.74, 6) is -16.6. The highest BCUT2D eigenvalue weighted by Gasteiger charge is 2.79. The van der Waals surface area contributed by atoms with Gasteiger partial charge in [-0.25, -0.2) is 25.3 Å². The molecule has 762 valence electrons. The molecule has 24 rings (SSSR count). The van der Waals surface area contributed by atoms with Gasteiger partial charge in [-0.15, -0.1) is 0 Å². The molecule has 2 aliphatic heterocycles. The summed E-state index contributed by atoms with van der Waals surface area (Å²) in [5.41, 5.74) is -16.5. The zero-order valence-corrected chi connectivity index (χ0v) is 80.8. The molecular weight excluding hydrogens is 2050 g/mol. The molecule has 11 fully saturated rings. The van der Waals surface area contributed by atoms with Crippen molar-refractivity contribution in [1.82, 2.24) is 0 Å². The summed E-state index contributed by atoms with van der Waals surface area (Å²) in [6, 6.07) is 85.5. The molecule has 0 saturated heterocycles. The standard InChI is InChI=1S/C19H15S.C18H13S2.C18H13S.C17H18F6O5S.C15H16F6O6S.C15H18F6O5S/c1-2-10-17(11-3-1)20-18-12-6-4-8-15(18)14-16-9-5-7-13-19(16)20;1-2-8-14(9-3-1)20-17-12-6-4-10-15(17)19-16-11-5-7-13-18(16)20;1-2-8-14(9-3-1)19-17-12-6-4-10-15(17)16-11-5-7-13-18(16)19;18-16(19,20)15(17(21,22)23,6-29(25,26)27)28-14(24)11-5-9-4-10(11)13-8-2-1-7(3-8)12(9)13;16-14(17,18)13(15(19,20)21,6-28(24,25)26)27-11(23)12-3-7-1-8(4-12)10(22)9(2-7)5-12;16-14(17,18)13(15(19,20)21,7-27(23,24)25)26-11(22)12-4-8-1-9(5-12)3-10(2-8)6-12/h1-13H,14H2;1-13H;1-13H;1-2,7-13H,3-6H2,(H,25,26,27);7-9H,1-6H2,(H,24,25,26);8-10H,1-7H2,(H,23,24,25)/q3*+1;;;/p-3. The average Bonchev–Trinajstić information content (AvgIpc) is 1.52. The topological polar surface area (TPSA) is 268 Å². The van der Waals surface area contributed by atoms with E-state index in [-0.39, 0.29) is 130 Å². The van der Waals surface area contributed by atoms with Crippen LogP contribution in [0.5, 0.6) is 0 Å². The van der Waals surface area contributed by atoms with Gasteiger partial charge in [-0.2, -0.15) is 79.0 Å². The van der Waals surface area contributed by atoms with Crippen molar-refractivity contribution >= 4 is 118 Å². The number of alkyl halides is 18. The van der Waals surface area contributed by atoms with Gasteiger partial charge in [0.1, 0.15) is 16.7 Å². The van der Waals surface area contributed by atoms with Gasteiger partial charge in [0.2, 0.25) is 0 Å². The lowest BCUT2D eigenvalue weighted by atomic mass is 9.49. The second-order valence-electron chi connectivity index (χ2n) is 38.8. The molecule has 0 radical (unpaired) electrons. The van der Waals surface area contributed by atoms with Crippen LogP contribution in [0.25, 0.3) is 25.1 Å². The summed E-state index contributed by atoms with van der Waals surface area (Å²) < 4.78 is 352. The van der Waals surface area contributed by atoms with Crippen LogP contribution in [0.2, 0.25) is 0 Å². The summed E-state index contributed by atoms with van der Waals surface area (Å²) in [6.07, 6.45) is -28.5. The van der Waals surface area contributed by atoms with E-state index in [4.69, 9.17) is 0 Å². The number of esters is 3. The van der Waals surface area contributed by atoms with Crippen molar-refractivity contribution in [1.29, 1.82) is 0 Å². The minimum absolute atomic E-state index is 0.00992. The molecule has 14 aliphatic rings. The molecule has 0 N–H and O–H groups in total. The normalized spacial score (nSPS) is 26.0. The molecule has 16 nitrogen and oxygen atoms in total. The Morgan fingerprint density at radius 1 is 0.357 bits per heavy atom. The highest BCUT2D eigenvalue weighted by Crippen LogP contribution is 2.69. The molecule has 10 aromatic rings. The van der Waals surface area contributed by atoms with E-state index in [9.17, 15) is 137 Å². The maximum absolute atomic E-state index is 13.4. The molecule has 3 heterocycles. The van der Waals surface area contributed by atoms with E-state index in [1.165, 1.54) is 75.4 Å². The maximum atomic E-state index is 13.4. The van der Waals surface area contributed by atoms with Gasteiger partial charge in [-0.05, 0) is 246 Å². The van der Waals surface area contributed by atoms with E-state index in [1.54, 1.807) is 0 Å². The SMILES string of the molecule is O=C(OC(CS(=O)(=O)[O-])(C(F)(F)F)C(F)(F)F)C12CC3CC(CC(C3)C1)C2.O=C(OC(CS(=O)(=O)[O-])(C(F)(F)F)C(F)(F)F)C1CC2CC1C1C3C=CC(C3)C21.O=C1C2CC3CC1CC(C(=O)OC(CS(=O)(=O)[O-])(C(F)(F)F)C(F)(F)F)(C3)C2.c1ccc(-[s+]2c3ccccc3c3ccccc32)cc1.c1ccc([S+]2c3ccccc3Cc3ccccc32)cc1.c1ccc([S+]2c3ccccc3Sc3ccccc32)cc1. The number of carbonyl (C=O) groups excluding carboxylic acids is 4. The zero-order valence-electron chi connectivity index (χ0n) is 75.1. The summed E-state index contributed by atoms with van der Waals surface area (Å²) in [7, 11) is -18.0. The third-order valence-electron chi connectivity index (χ3n) is 29.7. The molecule has 1 aromatic heterocycles. The first-order valence-corrected chi connectivity index (χ1v) is 55.0. The van der Waals surface area contributed by atoms with Crippen molar-refractivity contribution < 1.29 is 151 Å². The molecule has 9 unspecified atom stereocenters. The number of thiophene rings is 1. The summed E-state index contributed by atoms with van der Waals surface area (Å²) >= 11 is 1.89. The Kier molecular flexibility index (Phi) is 28.6. The van der Waals surface area contributed by atoms with E-state index < -0.39 is 154 Å². The number of ketones is 1. The first-order chi connectivity index (χ1) is 67.0. The number of hydrogen-bond acceptors (Lipinski definition) is 17. The fourth-order valence-electron chi connectivity index (χ4n) is 24.5. The lowest BCUT2D eigenvalue weighted by molar-refractivity contribution is -0.364. The van der Waals surface area contributed by atoms with Crippen LogP contribution in [-0.2, 0) is 92.0 Å². The number of ether oxygens (including phenoxy) is 3. The quantitative estimate of drug-likeness (QED) is 0.0175. The van der Waals surface area contributed by atoms with Crippen LogP contribution in [0.1, 0.15) is 101 Å². The van der Waals surface area contributed by atoms with Crippen LogP contribution in [0.4, 0.5) is 79.0 Å². The number of halogens is 18. The summed E-state index contributed by atoms with van der Waals surface area (Å²) in [4.78, 5) is 62.6. The number of rotatable bonds is 15. The van der Waals surface area contributed by atoms with Crippen LogP contribution in [0.15, 0.2) is 288 Å². The van der Waals surface area contributed by atoms with Crippen LogP contribution >= 0.6 is 22.2 Å². The Bertz CT molecular complexity index is 6480. The Hall–Kier alpha value is -9.46. The smallest absolute Gasteiger partial charge is 0.438 e. The molecule has 9 atom stereocenters. The first-order valence-electron chi connectivity index (χ1n) is 45.7. The number of fused-ring (bicyclic) bond motifs is 16. The number of hydrogen-bond donors (Lipinski definition) is 0. The van der Waals surface area contributed by atoms with Crippen molar-refractivity contribution in [2.45, 2.75) is 189 Å². The number of carbonyl (C=O) groups is 4. The zero-order chi connectivity index (χ0) is 103. The molecule has 0 amide bonds. The van der Waals surface area contributed by atoms with Gasteiger partial charge < -0.3 is 27.9 Å². The van der Waals surface area contributed by atoms with Gasteiger partial charge in [0.25, 0.3) is 0 Å². The second-order valence-corrected chi connectivity index (χ2v) is 50.0. The van der Waals surface area contributed by atoms with E-state index >= 15 is 0 Å². The fraction of sp³-hybridized carbons (Fsp3) is 0.412. The molecule has 41 heteroatoms. The lowest BCUT2D eigenvalue weighted by Gasteiger charge is -2.55. The highest BCUT2D eigenvalue weighted by atomic mass is 32.2. The summed E-state index contributed by atoms with van der Waals surface area (Å²) in [6.45, 7) is 0. The Labute approximate surface area is 823 Å². The average molecular weight is 2140 g/mol. The van der Waals surface area contributed by atoms with Crippen molar-refractivity contribution in [3.05, 3.63) is 260 Å². The maximum Gasteiger partial charge on any atom is 0.438 e. The van der Waals surface area contributed by atoms with E-state index in [0.717, 1.165) is 32.1 Å². The van der Waals surface area contributed by atoms with Gasteiger partial charge in [-0.1, -0.05) is 163 Å². The lowest BCUT2D eigenvalue weighted by Crippen LogP contribution is -2.65. The van der Waals surface area contributed by atoms with E-state index in [0.29, 0.717) is 25.2 Å². The Balaban J connectivity index is 0.000000119. The molecule has 12 aliphatic carbocycles. The van der Waals surface area contributed by atoms with Gasteiger partial charge in [-0.3, -0.25) is 19.2 Å². The molecular formula is C102H90F18O16S7. The molecule has 12 bridgehead atoms. The van der Waals surface area contributed by atoms with Gasteiger partial charge in [0, 0.05) is 50.6 Å². The number of benzene rings is 9. The van der Waals surface area contributed by atoms with Crippen LogP contribution in [0.3, 0.4) is 0 Å². The number of Topliss-reactive ketones (excluding diaryl/α,β-unsaturated/α-hetero) is 1. The second kappa shape index (κ2) is 39.0. The predicted molar refractivity (Wildman–Crippen MR) is 491 cm³/mol. The minimum atomic E-state index is -6.39. The van der Waals surface area contributed by atoms with Crippen molar-refractivity contribution in [3.8, 4) is 4.90 Å². The third-order valence-corrected chi connectivity index (χ3v) is 40.5. The highest BCUT2D eigenvalue weighted by molar-refractivity contribution is 8.04. The third kappa shape index (κ3) is 20.7. The molecule has 0 spiro atoms. The van der Waals surface area contributed by atoms with Crippen molar-refractivity contribution in [3.63, 3.8) is 0 Å². The van der Waals surface area contributed by atoms with Gasteiger partial charge in [0.15, 0.2) is 43.7 Å². The number of allylic oxidation sites excluding steroid dienone is 2. The van der Waals surface area contributed by atoms with Crippen LogP contribution in [-0.4, -0.2) is 134 Å². The Morgan fingerprint density at radius 3 is 1.07 bits per heavy atom. The van der Waals surface area contributed by atoms with Crippen LogP contribution in [0, 0.1) is 87.8 Å². The molecule has 9 aromatic carbocycles. The first kappa shape index (κ1) is 105. The predicted octanol–water partition coefficient (Wildman–Crippen LogP) is 24.2. The largest absolute Gasteiger partial charge is 0.748 e. The van der Waals surface area contributed by atoms with Gasteiger partial charge >= 0.3 is 71.8 Å².